The van der Waals surface area contributed by atoms with Crippen LogP contribution in [0.5, 0.6) is 0 Å². The zero-order chi connectivity index (χ0) is 16.4. The van der Waals surface area contributed by atoms with Gasteiger partial charge in [-0.1, -0.05) is 29.8 Å². The van der Waals surface area contributed by atoms with Crippen molar-refractivity contribution in [3.05, 3.63) is 69.7 Å². The molecule has 1 aliphatic carbocycles. The van der Waals surface area contributed by atoms with Crippen LogP contribution >= 0.6 is 11.6 Å². The predicted molar refractivity (Wildman–Crippen MR) is 87.8 cm³/mol. The number of methoxy groups -OCH3 is 1. The van der Waals surface area contributed by atoms with Crippen LogP contribution in [0, 0.1) is 0 Å². The fourth-order valence-electron chi connectivity index (χ4n) is 2.89. The van der Waals surface area contributed by atoms with Crippen molar-refractivity contribution >= 4 is 23.5 Å². The third-order valence-electron chi connectivity index (χ3n) is 4.07. The summed E-state index contributed by atoms with van der Waals surface area (Å²) in [7, 11) is 1.36. The van der Waals surface area contributed by atoms with Crippen LogP contribution in [0.1, 0.15) is 44.3 Å². The standard InChI is InChI=1S/C18H16ClNO3/c1-23-18(22)12-6-8-13-11(10-12)7-9-16(13)20-17(21)14-4-2-3-5-15(14)19/h2-6,8,10,16H,7,9H2,1H3,(H,20,21). The Morgan fingerprint density at radius 1 is 1.22 bits per heavy atom. The third-order valence-corrected chi connectivity index (χ3v) is 4.40. The van der Waals surface area contributed by atoms with Gasteiger partial charge in [-0.05, 0) is 48.2 Å². The van der Waals surface area contributed by atoms with Crippen molar-refractivity contribution in [3.8, 4) is 0 Å². The van der Waals surface area contributed by atoms with Gasteiger partial charge in [0.25, 0.3) is 5.91 Å². The molecule has 1 amide bonds. The van der Waals surface area contributed by atoms with Crippen molar-refractivity contribution < 1.29 is 14.3 Å². The largest absolute Gasteiger partial charge is 0.465 e. The molecule has 0 heterocycles. The molecule has 118 valence electrons. The Hall–Kier alpha value is -2.33. The van der Waals surface area contributed by atoms with Crippen molar-refractivity contribution in [1.29, 1.82) is 0 Å². The van der Waals surface area contributed by atoms with E-state index in [0.717, 1.165) is 24.0 Å². The molecule has 2 aromatic carbocycles. The van der Waals surface area contributed by atoms with Crippen LogP contribution in [0.2, 0.25) is 5.02 Å². The molecule has 3 rings (SSSR count). The fourth-order valence-corrected chi connectivity index (χ4v) is 3.12. The number of carbonyl (C=O) groups excluding carboxylic acids is 2. The van der Waals surface area contributed by atoms with Crippen molar-refractivity contribution in [2.75, 3.05) is 7.11 Å². The molecule has 0 radical (unpaired) electrons. The normalized spacial score (nSPS) is 15.8. The third kappa shape index (κ3) is 3.08. The van der Waals surface area contributed by atoms with Gasteiger partial charge >= 0.3 is 5.97 Å². The summed E-state index contributed by atoms with van der Waals surface area (Å²) >= 11 is 6.06. The second kappa shape index (κ2) is 6.42. The molecule has 1 N–H and O–H groups in total. The molecule has 0 spiro atoms. The van der Waals surface area contributed by atoms with Crippen molar-refractivity contribution in [2.45, 2.75) is 18.9 Å². The second-order valence-electron chi connectivity index (χ2n) is 5.45. The maximum Gasteiger partial charge on any atom is 0.337 e. The highest BCUT2D eigenvalue weighted by Crippen LogP contribution is 2.32. The molecule has 1 atom stereocenters. The lowest BCUT2D eigenvalue weighted by atomic mass is 10.0. The summed E-state index contributed by atoms with van der Waals surface area (Å²) in [6, 6.07) is 12.3. The number of hydrogen-bond acceptors (Lipinski definition) is 3. The molecule has 23 heavy (non-hydrogen) atoms. The molecule has 0 aliphatic heterocycles. The summed E-state index contributed by atoms with van der Waals surface area (Å²) in [6.07, 6.45) is 1.61. The van der Waals surface area contributed by atoms with Gasteiger partial charge in [0, 0.05) is 0 Å². The monoisotopic (exact) mass is 329 g/mol. The molecule has 0 saturated carbocycles. The first-order valence-electron chi connectivity index (χ1n) is 7.36. The average Bonchev–Trinajstić information content (AvgIpc) is 2.96. The number of ether oxygens (including phenoxy) is 1. The highest BCUT2D eigenvalue weighted by molar-refractivity contribution is 6.33. The molecule has 4 nitrogen and oxygen atoms in total. The molecule has 0 aromatic heterocycles. The van der Waals surface area contributed by atoms with E-state index in [9.17, 15) is 9.59 Å². The number of nitrogens with one attached hydrogen (secondary N) is 1. The van der Waals surface area contributed by atoms with Gasteiger partial charge in [-0.25, -0.2) is 4.79 Å². The predicted octanol–water partition coefficient (Wildman–Crippen LogP) is 3.54. The zero-order valence-electron chi connectivity index (χ0n) is 12.6. The fraction of sp³-hybridized carbons (Fsp3) is 0.222. The summed E-state index contributed by atoms with van der Waals surface area (Å²) in [6.45, 7) is 0. The summed E-state index contributed by atoms with van der Waals surface area (Å²) in [4.78, 5) is 24.0. The van der Waals surface area contributed by atoms with Gasteiger partial charge in [-0.2, -0.15) is 0 Å². The van der Waals surface area contributed by atoms with Crippen molar-refractivity contribution in [2.24, 2.45) is 0 Å². The van der Waals surface area contributed by atoms with Gasteiger partial charge in [0.05, 0.1) is 29.3 Å². The quantitative estimate of drug-likeness (QED) is 0.876. The summed E-state index contributed by atoms with van der Waals surface area (Å²) < 4.78 is 4.74. The second-order valence-corrected chi connectivity index (χ2v) is 5.86. The lowest BCUT2D eigenvalue weighted by Gasteiger charge is -2.15. The van der Waals surface area contributed by atoms with Crippen molar-refractivity contribution in [3.63, 3.8) is 0 Å². The van der Waals surface area contributed by atoms with E-state index >= 15 is 0 Å². The summed E-state index contributed by atoms with van der Waals surface area (Å²) in [5, 5.41) is 3.45. The molecule has 0 fully saturated rings. The zero-order valence-corrected chi connectivity index (χ0v) is 13.4. The smallest absolute Gasteiger partial charge is 0.337 e. The number of fused-ring (bicyclic) bond motifs is 1. The number of carbonyl (C=O) groups is 2. The van der Waals surface area contributed by atoms with E-state index in [1.165, 1.54) is 7.11 Å². The Labute approximate surface area is 139 Å². The Morgan fingerprint density at radius 3 is 2.74 bits per heavy atom. The Kier molecular flexibility index (Phi) is 4.35. The summed E-state index contributed by atoms with van der Waals surface area (Å²) in [5.41, 5.74) is 3.11. The molecule has 2 aromatic rings. The van der Waals surface area contributed by atoms with E-state index in [1.807, 2.05) is 12.1 Å². The first-order valence-corrected chi connectivity index (χ1v) is 7.74. The molecule has 1 aliphatic rings. The Bertz CT molecular complexity index is 773. The van der Waals surface area contributed by atoms with E-state index in [-0.39, 0.29) is 17.9 Å². The van der Waals surface area contributed by atoms with Gasteiger partial charge in [0.2, 0.25) is 0 Å². The highest BCUT2D eigenvalue weighted by Gasteiger charge is 2.25. The van der Waals surface area contributed by atoms with Gasteiger partial charge in [0.1, 0.15) is 0 Å². The van der Waals surface area contributed by atoms with E-state index in [4.69, 9.17) is 16.3 Å². The van der Waals surface area contributed by atoms with E-state index in [2.05, 4.69) is 5.32 Å². The highest BCUT2D eigenvalue weighted by atomic mass is 35.5. The number of benzene rings is 2. The van der Waals surface area contributed by atoms with Crippen LogP contribution in [0.4, 0.5) is 0 Å². The minimum atomic E-state index is -0.351. The molecule has 0 saturated heterocycles. The SMILES string of the molecule is COC(=O)c1ccc2c(c1)CCC2NC(=O)c1ccccc1Cl. The number of aryl methyl sites for hydroxylation is 1. The van der Waals surface area contributed by atoms with Gasteiger partial charge in [0.15, 0.2) is 0 Å². The number of amides is 1. The minimum absolute atomic E-state index is 0.0690. The maximum atomic E-state index is 12.4. The molecule has 0 bridgehead atoms. The lowest BCUT2D eigenvalue weighted by Crippen LogP contribution is -2.27. The van der Waals surface area contributed by atoms with Gasteiger partial charge in [-0.3, -0.25) is 4.79 Å². The number of hydrogen-bond donors (Lipinski definition) is 1. The maximum absolute atomic E-state index is 12.4. The van der Waals surface area contributed by atoms with Crippen molar-refractivity contribution in [1.82, 2.24) is 5.32 Å². The van der Waals surface area contributed by atoms with Crippen LogP contribution in [-0.4, -0.2) is 19.0 Å². The topological polar surface area (TPSA) is 55.4 Å². The van der Waals surface area contributed by atoms with Crippen LogP contribution in [0.3, 0.4) is 0 Å². The van der Waals surface area contributed by atoms with Crippen LogP contribution in [0.15, 0.2) is 42.5 Å². The van der Waals surface area contributed by atoms with E-state index < -0.39 is 0 Å². The number of esters is 1. The Morgan fingerprint density at radius 2 is 2.00 bits per heavy atom. The first-order chi connectivity index (χ1) is 11.1. The molecule has 5 heteroatoms. The molecular formula is C18H16ClNO3. The summed E-state index contributed by atoms with van der Waals surface area (Å²) in [5.74, 6) is -0.540. The van der Waals surface area contributed by atoms with Gasteiger partial charge in [-0.15, -0.1) is 0 Å². The minimum Gasteiger partial charge on any atom is -0.465 e. The van der Waals surface area contributed by atoms with E-state index in [0.29, 0.717) is 16.1 Å². The van der Waals surface area contributed by atoms with E-state index in [1.54, 1.807) is 30.3 Å². The van der Waals surface area contributed by atoms with Crippen LogP contribution in [-0.2, 0) is 11.2 Å². The first kappa shape index (κ1) is 15.6. The Balaban J connectivity index is 1.79. The average molecular weight is 330 g/mol. The van der Waals surface area contributed by atoms with Crippen LogP contribution in [0.25, 0.3) is 0 Å². The lowest BCUT2D eigenvalue weighted by molar-refractivity contribution is 0.0600. The molecule has 1 unspecified atom stereocenters. The van der Waals surface area contributed by atoms with Gasteiger partial charge < -0.3 is 10.1 Å². The number of halogens is 1. The molecular weight excluding hydrogens is 314 g/mol. The van der Waals surface area contributed by atoms with Crippen LogP contribution < -0.4 is 5.32 Å². The number of rotatable bonds is 3.